The number of carboxylic acid groups (broad SMARTS) is 1. The normalized spacial score (nSPS) is 11.0. The van der Waals surface area contributed by atoms with Crippen molar-refractivity contribution >= 4 is 28.6 Å². The molecule has 0 unspecified atom stereocenters. The van der Waals surface area contributed by atoms with Gasteiger partial charge in [-0.05, 0) is 23.8 Å². The van der Waals surface area contributed by atoms with Gasteiger partial charge in [0.2, 0.25) is 0 Å². The highest BCUT2D eigenvalue weighted by atomic mass is 32.1. The standard InChI is InChI=1S/C12H13NO2S2/c1-7(2)6-8-10(12(14)15)17-11(13-8)9-4-3-5-16-9/h3-5,7H,6H2,1-2H3,(H,14,15). The van der Waals surface area contributed by atoms with Gasteiger partial charge in [-0.25, -0.2) is 9.78 Å². The molecule has 0 aliphatic heterocycles. The van der Waals surface area contributed by atoms with Gasteiger partial charge in [0.1, 0.15) is 9.88 Å². The van der Waals surface area contributed by atoms with Gasteiger partial charge < -0.3 is 5.11 Å². The largest absolute Gasteiger partial charge is 0.477 e. The average Bonchev–Trinajstić information content (AvgIpc) is 2.82. The molecule has 0 aromatic carbocycles. The zero-order chi connectivity index (χ0) is 12.4. The molecule has 17 heavy (non-hydrogen) atoms. The van der Waals surface area contributed by atoms with E-state index in [0.717, 1.165) is 9.88 Å². The second-order valence-electron chi connectivity index (χ2n) is 4.18. The van der Waals surface area contributed by atoms with Crippen molar-refractivity contribution in [1.82, 2.24) is 4.98 Å². The summed E-state index contributed by atoms with van der Waals surface area (Å²) in [6.45, 7) is 4.13. The maximum atomic E-state index is 11.2. The molecule has 0 fully saturated rings. The average molecular weight is 267 g/mol. The summed E-state index contributed by atoms with van der Waals surface area (Å²) >= 11 is 2.85. The molecule has 0 bridgehead atoms. The maximum absolute atomic E-state index is 11.2. The molecule has 1 N–H and O–H groups in total. The van der Waals surface area contributed by atoms with Crippen LogP contribution in [0.3, 0.4) is 0 Å². The summed E-state index contributed by atoms with van der Waals surface area (Å²) < 4.78 is 0. The van der Waals surface area contributed by atoms with Crippen molar-refractivity contribution in [2.24, 2.45) is 5.92 Å². The van der Waals surface area contributed by atoms with Crippen molar-refractivity contribution in [3.63, 3.8) is 0 Å². The Morgan fingerprint density at radius 1 is 1.53 bits per heavy atom. The Morgan fingerprint density at radius 2 is 2.29 bits per heavy atom. The lowest BCUT2D eigenvalue weighted by atomic mass is 10.1. The van der Waals surface area contributed by atoms with Gasteiger partial charge >= 0.3 is 5.97 Å². The van der Waals surface area contributed by atoms with Crippen LogP contribution in [0.4, 0.5) is 0 Å². The van der Waals surface area contributed by atoms with Crippen molar-refractivity contribution in [2.75, 3.05) is 0 Å². The van der Waals surface area contributed by atoms with Crippen molar-refractivity contribution in [2.45, 2.75) is 20.3 Å². The lowest BCUT2D eigenvalue weighted by molar-refractivity contribution is 0.0700. The van der Waals surface area contributed by atoms with E-state index in [9.17, 15) is 4.79 Å². The second-order valence-corrected chi connectivity index (χ2v) is 6.12. The van der Waals surface area contributed by atoms with E-state index in [2.05, 4.69) is 18.8 Å². The quantitative estimate of drug-likeness (QED) is 0.917. The minimum Gasteiger partial charge on any atom is -0.477 e. The van der Waals surface area contributed by atoms with Gasteiger partial charge in [-0.15, -0.1) is 22.7 Å². The number of aromatic carboxylic acids is 1. The number of rotatable bonds is 4. The van der Waals surface area contributed by atoms with E-state index in [1.165, 1.54) is 11.3 Å². The molecule has 5 heteroatoms. The summed E-state index contributed by atoms with van der Waals surface area (Å²) in [5.41, 5.74) is 0.709. The number of nitrogens with zero attached hydrogens (tertiary/aromatic N) is 1. The smallest absolute Gasteiger partial charge is 0.347 e. The topological polar surface area (TPSA) is 50.2 Å². The zero-order valence-electron chi connectivity index (χ0n) is 9.64. The summed E-state index contributed by atoms with van der Waals surface area (Å²) in [6, 6.07) is 3.91. The molecule has 2 heterocycles. The van der Waals surface area contributed by atoms with Crippen LogP contribution in [0.5, 0.6) is 0 Å². The van der Waals surface area contributed by atoms with Crippen molar-refractivity contribution in [3.05, 3.63) is 28.1 Å². The van der Waals surface area contributed by atoms with Crippen LogP contribution in [0, 0.1) is 5.92 Å². The van der Waals surface area contributed by atoms with Gasteiger partial charge in [0, 0.05) is 0 Å². The first kappa shape index (κ1) is 12.3. The van der Waals surface area contributed by atoms with E-state index in [1.807, 2.05) is 17.5 Å². The van der Waals surface area contributed by atoms with Crippen LogP contribution in [-0.4, -0.2) is 16.1 Å². The summed E-state index contributed by atoms with van der Waals surface area (Å²) in [7, 11) is 0. The van der Waals surface area contributed by atoms with Crippen LogP contribution in [0.25, 0.3) is 9.88 Å². The number of carboxylic acids is 1. The van der Waals surface area contributed by atoms with E-state index in [4.69, 9.17) is 5.11 Å². The second kappa shape index (κ2) is 4.98. The molecule has 0 aliphatic carbocycles. The van der Waals surface area contributed by atoms with Gasteiger partial charge in [-0.3, -0.25) is 0 Å². The van der Waals surface area contributed by atoms with E-state index in [-0.39, 0.29) is 0 Å². The van der Waals surface area contributed by atoms with E-state index in [1.54, 1.807) is 11.3 Å². The Labute approximate surface area is 108 Å². The molecular weight excluding hydrogens is 254 g/mol. The van der Waals surface area contributed by atoms with Crippen LogP contribution < -0.4 is 0 Å². The van der Waals surface area contributed by atoms with Crippen molar-refractivity contribution in [3.8, 4) is 9.88 Å². The first-order valence-corrected chi connectivity index (χ1v) is 7.04. The van der Waals surface area contributed by atoms with E-state index in [0.29, 0.717) is 22.9 Å². The first-order chi connectivity index (χ1) is 8.08. The minimum atomic E-state index is -0.874. The lowest BCUT2D eigenvalue weighted by Crippen LogP contribution is -2.02. The summed E-state index contributed by atoms with van der Waals surface area (Å²) in [4.78, 5) is 17.0. The summed E-state index contributed by atoms with van der Waals surface area (Å²) in [5.74, 6) is -0.465. The molecule has 2 aromatic rings. The molecule has 0 radical (unpaired) electrons. The maximum Gasteiger partial charge on any atom is 0.347 e. The molecule has 0 saturated carbocycles. The third kappa shape index (κ3) is 2.73. The molecule has 0 saturated heterocycles. The van der Waals surface area contributed by atoms with Crippen LogP contribution in [0.15, 0.2) is 17.5 Å². The Balaban J connectivity index is 2.41. The van der Waals surface area contributed by atoms with Crippen LogP contribution >= 0.6 is 22.7 Å². The lowest BCUT2D eigenvalue weighted by Gasteiger charge is -2.01. The number of aromatic nitrogens is 1. The van der Waals surface area contributed by atoms with Gasteiger partial charge in [-0.1, -0.05) is 19.9 Å². The predicted octanol–water partition coefficient (Wildman–Crippen LogP) is 3.77. The van der Waals surface area contributed by atoms with Gasteiger partial charge in [0.15, 0.2) is 0 Å². The highest BCUT2D eigenvalue weighted by molar-refractivity contribution is 7.22. The SMILES string of the molecule is CC(C)Cc1nc(-c2cccs2)sc1C(=O)O. The highest BCUT2D eigenvalue weighted by Gasteiger charge is 2.19. The fourth-order valence-electron chi connectivity index (χ4n) is 1.55. The Hall–Kier alpha value is -1.20. The Morgan fingerprint density at radius 3 is 2.82 bits per heavy atom. The van der Waals surface area contributed by atoms with E-state index >= 15 is 0 Å². The molecule has 0 atom stereocenters. The van der Waals surface area contributed by atoms with Crippen molar-refractivity contribution < 1.29 is 9.90 Å². The van der Waals surface area contributed by atoms with E-state index < -0.39 is 5.97 Å². The number of hydrogen-bond donors (Lipinski definition) is 1. The Bertz CT molecular complexity index is 515. The number of thiophene rings is 1. The number of carbonyl (C=O) groups is 1. The highest BCUT2D eigenvalue weighted by Crippen LogP contribution is 2.32. The molecule has 2 rings (SSSR count). The summed E-state index contributed by atoms with van der Waals surface area (Å²) in [6.07, 6.45) is 0.712. The fourth-order valence-corrected chi connectivity index (χ4v) is 3.28. The minimum absolute atomic E-state index is 0.377. The third-order valence-electron chi connectivity index (χ3n) is 2.23. The number of thiazole rings is 1. The van der Waals surface area contributed by atoms with Crippen LogP contribution in [0.1, 0.15) is 29.2 Å². The summed E-state index contributed by atoms with van der Waals surface area (Å²) in [5, 5.41) is 11.9. The fraction of sp³-hybridized carbons (Fsp3) is 0.333. The van der Waals surface area contributed by atoms with Crippen LogP contribution in [0.2, 0.25) is 0 Å². The van der Waals surface area contributed by atoms with Gasteiger partial charge in [-0.2, -0.15) is 0 Å². The molecular formula is C12H13NO2S2. The molecule has 0 amide bonds. The molecule has 0 aliphatic rings. The molecule has 0 spiro atoms. The Kier molecular flexibility index (Phi) is 3.59. The monoisotopic (exact) mass is 267 g/mol. The van der Waals surface area contributed by atoms with Crippen molar-refractivity contribution in [1.29, 1.82) is 0 Å². The first-order valence-electron chi connectivity index (χ1n) is 5.34. The molecule has 3 nitrogen and oxygen atoms in total. The number of hydrogen-bond acceptors (Lipinski definition) is 4. The zero-order valence-corrected chi connectivity index (χ0v) is 11.3. The van der Waals surface area contributed by atoms with Gasteiger partial charge in [0.25, 0.3) is 0 Å². The third-order valence-corrected chi connectivity index (χ3v) is 4.35. The van der Waals surface area contributed by atoms with Crippen LogP contribution in [-0.2, 0) is 6.42 Å². The molecule has 90 valence electrons. The van der Waals surface area contributed by atoms with Gasteiger partial charge in [0.05, 0.1) is 10.6 Å². The predicted molar refractivity (Wildman–Crippen MR) is 70.9 cm³/mol. The molecule has 2 aromatic heterocycles.